The summed E-state index contributed by atoms with van der Waals surface area (Å²) in [5, 5.41) is 49.9. The Morgan fingerprint density at radius 1 is 0.493 bits per heavy atom. The Morgan fingerprint density at radius 2 is 0.859 bits per heavy atom. The predicted molar refractivity (Wildman–Crippen MR) is 297 cm³/mol. The fraction of sp³-hybridized carbons (Fsp3) is 0.524. The Balaban J connectivity index is 1.43. The highest BCUT2D eigenvalue weighted by Gasteiger charge is 2.22. The summed E-state index contributed by atoms with van der Waals surface area (Å²) in [4.78, 5) is 2.50. The van der Waals surface area contributed by atoms with E-state index in [1.54, 1.807) is 4.68 Å². The van der Waals surface area contributed by atoms with Gasteiger partial charge in [0.2, 0.25) is 0 Å². The quantitative estimate of drug-likeness (QED) is 0.0248. The molecule has 376 valence electrons. The Labute approximate surface area is 429 Å². The number of hydrogen-bond donors (Lipinski definition) is 0. The van der Waals surface area contributed by atoms with Crippen LogP contribution in [-0.2, 0) is 6.54 Å². The lowest BCUT2D eigenvalue weighted by Crippen LogP contribution is -2.25. The molecular weight excluding hydrogens is 869 g/mol. The highest BCUT2D eigenvalue weighted by molar-refractivity contribution is 6.11. The normalized spacial score (nSPS) is 10.7. The maximum Gasteiger partial charge on any atom is 0.138 e. The summed E-state index contributed by atoms with van der Waals surface area (Å²) in [6, 6.07) is 31.7. The molecule has 0 radical (unpaired) electrons. The summed E-state index contributed by atoms with van der Waals surface area (Å²) in [6.45, 7) is 10.9. The van der Waals surface area contributed by atoms with Crippen LogP contribution in [-0.4, -0.2) is 28.1 Å². The molecule has 1 heterocycles. The van der Waals surface area contributed by atoms with Crippen LogP contribution < -0.4 is 4.90 Å². The van der Waals surface area contributed by atoms with Crippen LogP contribution in [0.25, 0.3) is 28.5 Å². The molecule has 0 fully saturated rings. The van der Waals surface area contributed by atoms with Crippen LogP contribution in [0.1, 0.15) is 216 Å². The maximum atomic E-state index is 10.3. The van der Waals surface area contributed by atoms with Crippen molar-refractivity contribution in [2.24, 2.45) is 0 Å². The second kappa shape index (κ2) is 35.8. The summed E-state index contributed by atoms with van der Waals surface area (Å²) < 4.78 is 1.78. The van der Waals surface area contributed by atoms with Crippen molar-refractivity contribution >= 4 is 22.9 Å². The van der Waals surface area contributed by atoms with Gasteiger partial charge < -0.3 is 4.90 Å². The van der Waals surface area contributed by atoms with E-state index in [9.17, 15) is 21.0 Å². The van der Waals surface area contributed by atoms with Gasteiger partial charge in [-0.2, -0.15) is 21.0 Å². The first-order chi connectivity index (χ1) is 35.0. The molecule has 1 aromatic heterocycles. The minimum atomic E-state index is -0.175. The van der Waals surface area contributed by atoms with Crippen LogP contribution in [0.15, 0.2) is 96.7 Å². The maximum absolute atomic E-state index is 10.3. The average Bonchev–Trinajstić information content (AvgIpc) is 3.88. The standard InChI is InChI=1S/C63H84N8/c1-4-7-9-11-13-15-17-19-21-23-25-27-29-31-45-70(46-32-30-28-26-24-22-20-18-16-14-12-10-8-5-2)60-43-41-57(42-44-60)63(59(49-66)50-67)62(58(47-64)48-65)56-39-37-55(38-40-56)61-52-71(69-68-61)51-54-35-33-53(6-3)34-36-54/h6,33-44,52H,3-5,7-32,45-46,51H2,1-2H3. The molecule has 0 aliphatic carbocycles. The lowest BCUT2D eigenvalue weighted by atomic mass is 9.86. The van der Waals surface area contributed by atoms with E-state index in [1.165, 1.54) is 167 Å². The highest BCUT2D eigenvalue weighted by Crippen LogP contribution is 2.38. The first-order valence-electron chi connectivity index (χ1n) is 27.7. The molecule has 0 amide bonds. The van der Waals surface area contributed by atoms with Crippen molar-refractivity contribution in [3.63, 3.8) is 0 Å². The largest absolute Gasteiger partial charge is 0.372 e. The second-order valence-corrected chi connectivity index (χ2v) is 19.5. The molecule has 0 aliphatic rings. The number of allylic oxidation sites excluding steroid dienone is 4. The van der Waals surface area contributed by atoms with Gasteiger partial charge in [-0.05, 0) is 47.2 Å². The number of aromatic nitrogens is 3. The number of benzene rings is 3. The number of anilines is 1. The van der Waals surface area contributed by atoms with Gasteiger partial charge in [0.1, 0.15) is 41.1 Å². The van der Waals surface area contributed by atoms with Crippen molar-refractivity contribution in [1.29, 1.82) is 21.0 Å². The molecule has 0 aliphatic heterocycles. The molecule has 0 unspecified atom stereocenters. The van der Waals surface area contributed by atoms with Crippen LogP contribution in [0, 0.1) is 45.3 Å². The fourth-order valence-electron chi connectivity index (χ4n) is 9.57. The van der Waals surface area contributed by atoms with Gasteiger partial charge in [0.25, 0.3) is 0 Å². The van der Waals surface area contributed by atoms with Crippen LogP contribution >= 0.6 is 0 Å². The SMILES string of the molecule is C=Cc1ccc(Cn2cc(-c3ccc(C(=C(C#N)C#N)C(=C(C#N)C#N)c4ccc(N(CCCCCCCCCCCCCCCC)CCCCCCCCCCCCCCCC)cc4)cc3)nn2)cc1. The predicted octanol–water partition coefficient (Wildman–Crippen LogP) is 17.7. The third-order valence-electron chi connectivity index (χ3n) is 13.8. The third-order valence-corrected chi connectivity index (χ3v) is 13.8. The molecular formula is C63H84N8. The van der Waals surface area contributed by atoms with Gasteiger partial charge in [-0.15, -0.1) is 5.10 Å². The minimum absolute atomic E-state index is 0.162. The molecule has 4 rings (SSSR count). The van der Waals surface area contributed by atoms with E-state index in [1.807, 2.05) is 72.9 Å². The van der Waals surface area contributed by atoms with Crippen molar-refractivity contribution in [2.45, 2.75) is 200 Å². The van der Waals surface area contributed by atoms with Gasteiger partial charge >= 0.3 is 0 Å². The Kier molecular flexibility index (Phi) is 28.9. The highest BCUT2D eigenvalue weighted by atomic mass is 15.4. The van der Waals surface area contributed by atoms with E-state index in [4.69, 9.17) is 0 Å². The van der Waals surface area contributed by atoms with Gasteiger partial charge in [0.15, 0.2) is 0 Å². The summed E-state index contributed by atoms with van der Waals surface area (Å²) in [5.74, 6) is 0. The molecule has 71 heavy (non-hydrogen) atoms. The summed E-state index contributed by atoms with van der Waals surface area (Å²) in [7, 11) is 0. The summed E-state index contributed by atoms with van der Waals surface area (Å²) in [6.07, 6.45) is 41.0. The average molecular weight is 953 g/mol. The van der Waals surface area contributed by atoms with Gasteiger partial charge in [0.05, 0.1) is 12.7 Å². The lowest BCUT2D eigenvalue weighted by Gasteiger charge is -2.26. The Morgan fingerprint density at radius 3 is 1.23 bits per heavy atom. The monoisotopic (exact) mass is 953 g/mol. The van der Waals surface area contributed by atoms with E-state index in [-0.39, 0.29) is 22.3 Å². The molecule has 3 aromatic carbocycles. The van der Waals surface area contributed by atoms with E-state index in [0.717, 1.165) is 48.3 Å². The smallest absolute Gasteiger partial charge is 0.138 e. The van der Waals surface area contributed by atoms with E-state index in [0.29, 0.717) is 23.4 Å². The zero-order chi connectivity index (χ0) is 50.6. The topological polar surface area (TPSA) is 129 Å². The van der Waals surface area contributed by atoms with E-state index < -0.39 is 0 Å². The van der Waals surface area contributed by atoms with Gasteiger partial charge in [-0.25, -0.2) is 4.68 Å². The van der Waals surface area contributed by atoms with Crippen molar-refractivity contribution in [2.75, 3.05) is 18.0 Å². The number of hydrogen-bond acceptors (Lipinski definition) is 7. The molecule has 0 bridgehead atoms. The Bertz CT molecular complexity index is 2270. The van der Waals surface area contributed by atoms with Crippen LogP contribution in [0.3, 0.4) is 0 Å². The third kappa shape index (κ3) is 21.4. The molecule has 8 nitrogen and oxygen atoms in total. The first-order valence-corrected chi connectivity index (χ1v) is 27.7. The van der Waals surface area contributed by atoms with Crippen molar-refractivity contribution in [3.8, 4) is 35.5 Å². The van der Waals surface area contributed by atoms with Gasteiger partial charge in [0, 0.05) is 35.5 Å². The van der Waals surface area contributed by atoms with Crippen molar-refractivity contribution < 1.29 is 0 Å². The molecule has 0 saturated carbocycles. The van der Waals surface area contributed by atoms with Gasteiger partial charge in [-0.3, -0.25) is 0 Å². The molecule has 8 heteroatoms. The minimum Gasteiger partial charge on any atom is -0.372 e. The first kappa shape index (κ1) is 57.4. The lowest BCUT2D eigenvalue weighted by molar-refractivity contribution is 0.529. The van der Waals surface area contributed by atoms with E-state index in [2.05, 4.69) is 72.0 Å². The number of nitrogens with zero attached hydrogens (tertiary/aromatic N) is 8. The molecule has 0 saturated heterocycles. The van der Waals surface area contributed by atoms with Crippen molar-refractivity contribution in [3.05, 3.63) is 119 Å². The van der Waals surface area contributed by atoms with Gasteiger partial charge in [-0.1, -0.05) is 259 Å². The fourth-order valence-corrected chi connectivity index (χ4v) is 9.57. The van der Waals surface area contributed by atoms with Crippen LogP contribution in [0.2, 0.25) is 0 Å². The molecule has 4 aromatic rings. The van der Waals surface area contributed by atoms with E-state index >= 15 is 0 Å². The number of unbranched alkanes of at least 4 members (excludes halogenated alkanes) is 26. The number of nitriles is 4. The summed E-state index contributed by atoms with van der Waals surface area (Å²) >= 11 is 0. The zero-order valence-corrected chi connectivity index (χ0v) is 43.8. The summed E-state index contributed by atoms with van der Waals surface area (Å²) in [5.41, 5.74) is 6.02. The molecule has 0 atom stereocenters. The van der Waals surface area contributed by atoms with Crippen LogP contribution in [0.5, 0.6) is 0 Å². The Hall–Kier alpha value is -6.22. The molecule has 0 spiro atoms. The second-order valence-electron chi connectivity index (χ2n) is 19.5. The molecule has 0 N–H and O–H groups in total. The van der Waals surface area contributed by atoms with Crippen LogP contribution in [0.4, 0.5) is 5.69 Å². The zero-order valence-electron chi connectivity index (χ0n) is 43.8. The van der Waals surface area contributed by atoms with Crippen molar-refractivity contribution in [1.82, 2.24) is 15.0 Å². The number of rotatable bonds is 38.